The van der Waals surface area contributed by atoms with Crippen LogP contribution in [0.4, 0.5) is 0 Å². The highest BCUT2D eigenvalue weighted by Crippen LogP contribution is 2.07. The molecule has 84 valence electrons. The summed E-state index contributed by atoms with van der Waals surface area (Å²) >= 11 is 0. The maximum absolute atomic E-state index is 11.4. The third-order valence-corrected chi connectivity index (χ3v) is 2.36. The van der Waals surface area contributed by atoms with Crippen LogP contribution in [0.3, 0.4) is 0 Å². The summed E-state index contributed by atoms with van der Waals surface area (Å²) in [4.78, 5) is 13.4. The molecular formula is C10H22N2O2. The lowest BCUT2D eigenvalue weighted by Crippen LogP contribution is -2.48. The number of hydrogen-bond acceptors (Lipinski definition) is 3. The van der Waals surface area contributed by atoms with Crippen LogP contribution in [0.5, 0.6) is 0 Å². The van der Waals surface area contributed by atoms with Gasteiger partial charge in [0.2, 0.25) is 5.91 Å². The smallest absolute Gasteiger partial charge is 0.221 e. The van der Waals surface area contributed by atoms with Crippen LogP contribution in [0.15, 0.2) is 0 Å². The first-order valence-electron chi connectivity index (χ1n) is 5.00. The number of nitrogens with one attached hydrogen (secondary N) is 1. The van der Waals surface area contributed by atoms with Gasteiger partial charge in [-0.3, -0.25) is 4.79 Å². The number of nitrogens with zero attached hydrogens (tertiary/aromatic N) is 1. The van der Waals surface area contributed by atoms with Crippen LogP contribution < -0.4 is 5.32 Å². The average molecular weight is 202 g/mol. The fourth-order valence-electron chi connectivity index (χ4n) is 0.964. The lowest BCUT2D eigenvalue weighted by Gasteiger charge is -2.27. The van der Waals surface area contributed by atoms with E-state index in [0.717, 1.165) is 13.0 Å². The number of carbonyl (C=O) groups excluding carboxylic acids is 1. The minimum atomic E-state index is -0.469. The van der Waals surface area contributed by atoms with Gasteiger partial charge in [0.15, 0.2) is 0 Å². The molecule has 0 aliphatic heterocycles. The predicted molar refractivity (Wildman–Crippen MR) is 57.1 cm³/mol. The molecule has 0 aromatic carbocycles. The van der Waals surface area contributed by atoms with E-state index in [0.29, 0.717) is 6.42 Å². The minimum Gasteiger partial charge on any atom is -0.394 e. The Balaban J connectivity index is 3.92. The standard InChI is InChI=1S/C10H22N2O2/c1-5-10(2,8-13)11-9(14)6-7-12(3)4/h13H,5-8H2,1-4H3,(H,11,14). The highest BCUT2D eigenvalue weighted by atomic mass is 16.3. The van der Waals surface area contributed by atoms with E-state index in [-0.39, 0.29) is 12.5 Å². The molecule has 14 heavy (non-hydrogen) atoms. The Bertz CT molecular complexity index is 177. The molecule has 0 radical (unpaired) electrons. The molecule has 1 unspecified atom stereocenters. The Morgan fingerprint density at radius 3 is 2.43 bits per heavy atom. The SMILES string of the molecule is CCC(C)(CO)NC(=O)CCN(C)C. The molecule has 0 bridgehead atoms. The summed E-state index contributed by atoms with van der Waals surface area (Å²) in [5.41, 5.74) is -0.469. The molecule has 0 heterocycles. The monoisotopic (exact) mass is 202 g/mol. The van der Waals surface area contributed by atoms with Crippen molar-refractivity contribution in [2.24, 2.45) is 0 Å². The molecule has 1 amide bonds. The molecule has 4 nitrogen and oxygen atoms in total. The van der Waals surface area contributed by atoms with Gasteiger partial charge in [-0.15, -0.1) is 0 Å². The van der Waals surface area contributed by atoms with Crippen molar-refractivity contribution >= 4 is 5.91 Å². The number of hydrogen-bond donors (Lipinski definition) is 2. The molecule has 0 spiro atoms. The van der Waals surface area contributed by atoms with Crippen molar-refractivity contribution in [1.29, 1.82) is 0 Å². The van der Waals surface area contributed by atoms with Gasteiger partial charge in [0, 0.05) is 13.0 Å². The van der Waals surface area contributed by atoms with Crippen molar-refractivity contribution in [3.63, 3.8) is 0 Å². The van der Waals surface area contributed by atoms with Crippen molar-refractivity contribution in [3.8, 4) is 0 Å². The molecule has 0 saturated carbocycles. The lowest BCUT2D eigenvalue weighted by atomic mass is 10.0. The second kappa shape index (κ2) is 5.98. The van der Waals surface area contributed by atoms with Gasteiger partial charge in [-0.05, 0) is 27.4 Å². The third kappa shape index (κ3) is 5.19. The molecule has 0 aromatic heterocycles. The zero-order valence-electron chi connectivity index (χ0n) is 9.63. The second-order valence-electron chi connectivity index (χ2n) is 4.17. The van der Waals surface area contributed by atoms with Crippen molar-refractivity contribution in [2.75, 3.05) is 27.2 Å². The van der Waals surface area contributed by atoms with Crippen LogP contribution in [-0.2, 0) is 4.79 Å². The molecule has 0 saturated heterocycles. The van der Waals surface area contributed by atoms with E-state index in [1.54, 1.807) is 0 Å². The Labute approximate surface area is 86.3 Å². The summed E-state index contributed by atoms with van der Waals surface area (Å²) in [6.07, 6.45) is 1.21. The molecule has 0 aromatic rings. The van der Waals surface area contributed by atoms with Crippen LogP contribution in [0.25, 0.3) is 0 Å². The summed E-state index contributed by atoms with van der Waals surface area (Å²) in [6, 6.07) is 0. The van der Waals surface area contributed by atoms with E-state index in [9.17, 15) is 4.79 Å². The fourth-order valence-corrected chi connectivity index (χ4v) is 0.964. The summed E-state index contributed by atoms with van der Waals surface area (Å²) in [5.74, 6) is -0.00269. The Hall–Kier alpha value is -0.610. The minimum absolute atomic E-state index is 0.00269. The fraction of sp³-hybridized carbons (Fsp3) is 0.900. The number of rotatable bonds is 6. The van der Waals surface area contributed by atoms with Crippen molar-refractivity contribution in [2.45, 2.75) is 32.2 Å². The maximum Gasteiger partial charge on any atom is 0.221 e. The summed E-state index contributed by atoms with van der Waals surface area (Å²) in [5, 5.41) is 11.9. The van der Waals surface area contributed by atoms with E-state index in [4.69, 9.17) is 5.11 Å². The zero-order valence-corrected chi connectivity index (χ0v) is 9.63. The van der Waals surface area contributed by atoms with Gasteiger partial charge < -0.3 is 15.3 Å². The highest BCUT2D eigenvalue weighted by Gasteiger charge is 2.22. The molecule has 0 rings (SSSR count). The summed E-state index contributed by atoms with van der Waals surface area (Å²) in [7, 11) is 3.86. The normalized spacial score (nSPS) is 15.3. The Morgan fingerprint density at radius 2 is 2.07 bits per heavy atom. The lowest BCUT2D eigenvalue weighted by molar-refractivity contribution is -0.123. The van der Waals surface area contributed by atoms with Crippen LogP contribution in [-0.4, -0.2) is 48.7 Å². The van der Waals surface area contributed by atoms with Crippen LogP contribution in [0, 0.1) is 0 Å². The first kappa shape index (κ1) is 13.4. The van der Waals surface area contributed by atoms with Crippen LogP contribution >= 0.6 is 0 Å². The number of aliphatic hydroxyl groups excluding tert-OH is 1. The average Bonchev–Trinajstić information content (AvgIpc) is 2.14. The van der Waals surface area contributed by atoms with Gasteiger partial charge in [0.1, 0.15) is 0 Å². The molecule has 0 aliphatic carbocycles. The first-order valence-corrected chi connectivity index (χ1v) is 5.00. The largest absolute Gasteiger partial charge is 0.394 e. The number of amides is 1. The van der Waals surface area contributed by atoms with Gasteiger partial charge in [0.05, 0.1) is 12.1 Å². The number of carbonyl (C=O) groups is 1. The summed E-state index contributed by atoms with van der Waals surface area (Å²) in [6.45, 7) is 4.51. The Kier molecular flexibility index (Phi) is 5.72. The van der Waals surface area contributed by atoms with Crippen LogP contribution in [0.2, 0.25) is 0 Å². The van der Waals surface area contributed by atoms with Crippen molar-refractivity contribution < 1.29 is 9.90 Å². The quantitative estimate of drug-likeness (QED) is 0.647. The molecule has 0 aliphatic rings. The first-order chi connectivity index (χ1) is 6.43. The van der Waals surface area contributed by atoms with E-state index >= 15 is 0 Å². The molecule has 2 N–H and O–H groups in total. The molecule has 1 atom stereocenters. The molecule has 0 fully saturated rings. The van der Waals surface area contributed by atoms with Gasteiger partial charge in [-0.1, -0.05) is 6.92 Å². The molecule has 4 heteroatoms. The predicted octanol–water partition coefficient (Wildman–Crippen LogP) is 0.215. The van der Waals surface area contributed by atoms with Gasteiger partial charge in [0.25, 0.3) is 0 Å². The molecular weight excluding hydrogens is 180 g/mol. The summed E-state index contributed by atoms with van der Waals surface area (Å²) < 4.78 is 0. The van der Waals surface area contributed by atoms with Gasteiger partial charge in [-0.25, -0.2) is 0 Å². The van der Waals surface area contributed by atoms with E-state index in [2.05, 4.69) is 5.32 Å². The van der Waals surface area contributed by atoms with Crippen LogP contribution in [0.1, 0.15) is 26.7 Å². The van der Waals surface area contributed by atoms with E-state index in [1.165, 1.54) is 0 Å². The van der Waals surface area contributed by atoms with Crippen molar-refractivity contribution in [3.05, 3.63) is 0 Å². The zero-order chi connectivity index (χ0) is 11.2. The van der Waals surface area contributed by atoms with E-state index < -0.39 is 5.54 Å². The third-order valence-electron chi connectivity index (χ3n) is 2.36. The second-order valence-corrected chi connectivity index (χ2v) is 4.17. The number of aliphatic hydroxyl groups is 1. The van der Waals surface area contributed by atoms with Gasteiger partial charge in [-0.2, -0.15) is 0 Å². The Morgan fingerprint density at radius 1 is 1.50 bits per heavy atom. The van der Waals surface area contributed by atoms with Gasteiger partial charge >= 0.3 is 0 Å². The van der Waals surface area contributed by atoms with E-state index in [1.807, 2.05) is 32.8 Å². The van der Waals surface area contributed by atoms with Crippen molar-refractivity contribution in [1.82, 2.24) is 10.2 Å². The highest BCUT2D eigenvalue weighted by molar-refractivity contribution is 5.76. The topological polar surface area (TPSA) is 52.6 Å². The maximum atomic E-state index is 11.4.